The second-order valence-corrected chi connectivity index (χ2v) is 7.38. The summed E-state index contributed by atoms with van der Waals surface area (Å²) in [7, 11) is 0. The van der Waals surface area contributed by atoms with E-state index in [1.807, 2.05) is 73.7 Å². The van der Waals surface area contributed by atoms with Gasteiger partial charge in [0, 0.05) is 23.3 Å². The molecule has 0 aliphatic carbocycles. The zero-order chi connectivity index (χ0) is 19.8. The lowest BCUT2D eigenvalue weighted by atomic mass is 10.2. The SMILES string of the molecule is Cc1ccc(SCC(=O)NNC(=O)CCc2ccc(-c3ccccc3)o2)cc1. The minimum absolute atomic E-state index is 0.229. The zero-order valence-corrected chi connectivity index (χ0v) is 16.4. The largest absolute Gasteiger partial charge is 0.461 e. The topological polar surface area (TPSA) is 71.3 Å². The molecule has 0 saturated heterocycles. The Balaban J connectivity index is 1.37. The third-order valence-corrected chi connectivity index (χ3v) is 5.06. The molecule has 2 N–H and O–H groups in total. The fourth-order valence-electron chi connectivity index (χ4n) is 2.53. The maximum atomic E-state index is 11.9. The molecule has 3 rings (SSSR count). The molecule has 0 spiro atoms. The van der Waals surface area contributed by atoms with Crippen LogP contribution in [0.2, 0.25) is 0 Å². The molecule has 0 unspecified atom stereocenters. The first-order valence-corrected chi connectivity index (χ1v) is 10.00. The normalized spacial score (nSPS) is 10.5. The minimum Gasteiger partial charge on any atom is -0.461 e. The fourth-order valence-corrected chi connectivity index (χ4v) is 3.23. The first-order chi connectivity index (χ1) is 13.6. The number of amides is 2. The van der Waals surface area contributed by atoms with Crippen molar-refractivity contribution in [3.05, 3.63) is 78.1 Å². The third kappa shape index (κ3) is 6.03. The van der Waals surface area contributed by atoms with Crippen molar-refractivity contribution in [2.45, 2.75) is 24.7 Å². The molecule has 0 saturated carbocycles. The number of benzene rings is 2. The Morgan fingerprint density at radius 1 is 0.893 bits per heavy atom. The molecule has 0 aliphatic rings. The van der Waals surface area contributed by atoms with Crippen molar-refractivity contribution in [1.82, 2.24) is 10.9 Å². The first kappa shape index (κ1) is 19.8. The van der Waals surface area contributed by atoms with Gasteiger partial charge in [-0.1, -0.05) is 48.0 Å². The Labute approximate surface area is 168 Å². The summed E-state index contributed by atoms with van der Waals surface area (Å²) in [6.07, 6.45) is 0.694. The highest BCUT2D eigenvalue weighted by Crippen LogP contribution is 2.22. The number of furan rings is 1. The van der Waals surface area contributed by atoms with Crippen LogP contribution in [-0.4, -0.2) is 17.6 Å². The molecule has 0 atom stereocenters. The quantitative estimate of drug-likeness (QED) is 0.467. The number of aryl methyl sites for hydroxylation is 2. The van der Waals surface area contributed by atoms with Gasteiger partial charge >= 0.3 is 0 Å². The van der Waals surface area contributed by atoms with Gasteiger partial charge in [-0.05, 0) is 31.2 Å². The van der Waals surface area contributed by atoms with Crippen molar-refractivity contribution in [2.75, 3.05) is 5.75 Å². The average molecular weight is 394 g/mol. The van der Waals surface area contributed by atoms with Crippen LogP contribution in [0.3, 0.4) is 0 Å². The van der Waals surface area contributed by atoms with E-state index in [9.17, 15) is 9.59 Å². The van der Waals surface area contributed by atoms with Crippen LogP contribution in [-0.2, 0) is 16.0 Å². The van der Waals surface area contributed by atoms with Crippen molar-refractivity contribution < 1.29 is 14.0 Å². The predicted molar refractivity (Wildman–Crippen MR) is 111 cm³/mol. The molecule has 0 bridgehead atoms. The van der Waals surface area contributed by atoms with Crippen molar-refractivity contribution in [3.63, 3.8) is 0 Å². The molecular weight excluding hydrogens is 372 g/mol. The van der Waals surface area contributed by atoms with E-state index < -0.39 is 0 Å². The summed E-state index contributed by atoms with van der Waals surface area (Å²) in [4.78, 5) is 24.8. The molecule has 2 aromatic carbocycles. The lowest BCUT2D eigenvalue weighted by Crippen LogP contribution is -2.42. The van der Waals surface area contributed by atoms with E-state index in [0.29, 0.717) is 6.42 Å². The highest BCUT2D eigenvalue weighted by atomic mass is 32.2. The molecule has 0 aliphatic heterocycles. The van der Waals surface area contributed by atoms with Crippen molar-refractivity contribution in [3.8, 4) is 11.3 Å². The molecule has 1 aromatic heterocycles. The minimum atomic E-state index is -0.258. The number of carbonyl (C=O) groups is 2. The molecule has 0 fully saturated rings. The van der Waals surface area contributed by atoms with Gasteiger partial charge in [0.2, 0.25) is 11.8 Å². The smallest absolute Gasteiger partial charge is 0.248 e. The van der Waals surface area contributed by atoms with Gasteiger partial charge in [-0.2, -0.15) is 0 Å². The Bertz CT molecular complexity index is 920. The molecule has 2 amide bonds. The van der Waals surface area contributed by atoms with Gasteiger partial charge in [0.25, 0.3) is 0 Å². The predicted octanol–water partition coefficient (Wildman–Crippen LogP) is 4.13. The number of hydrogen-bond donors (Lipinski definition) is 2. The molecule has 3 aromatic rings. The zero-order valence-electron chi connectivity index (χ0n) is 15.6. The van der Waals surface area contributed by atoms with Crippen molar-refractivity contribution in [1.29, 1.82) is 0 Å². The summed E-state index contributed by atoms with van der Waals surface area (Å²) in [6.45, 7) is 2.02. The van der Waals surface area contributed by atoms with Crippen LogP contribution >= 0.6 is 11.8 Å². The van der Waals surface area contributed by atoms with Crippen LogP contribution in [0.1, 0.15) is 17.7 Å². The Hall–Kier alpha value is -2.99. The molecule has 28 heavy (non-hydrogen) atoms. The maximum absolute atomic E-state index is 11.9. The van der Waals surface area contributed by atoms with Gasteiger partial charge in [-0.3, -0.25) is 20.4 Å². The van der Waals surface area contributed by atoms with Crippen LogP contribution in [0, 0.1) is 6.92 Å². The van der Waals surface area contributed by atoms with E-state index in [1.54, 1.807) is 0 Å². The molecule has 0 radical (unpaired) electrons. The van der Waals surface area contributed by atoms with Gasteiger partial charge in [0.05, 0.1) is 5.75 Å². The van der Waals surface area contributed by atoms with Crippen LogP contribution in [0.4, 0.5) is 0 Å². The van der Waals surface area contributed by atoms with Gasteiger partial charge in [0.15, 0.2) is 0 Å². The van der Waals surface area contributed by atoms with E-state index in [0.717, 1.165) is 22.0 Å². The first-order valence-electron chi connectivity index (χ1n) is 9.01. The number of hydrogen-bond acceptors (Lipinski definition) is 4. The fraction of sp³-hybridized carbons (Fsp3) is 0.182. The standard InChI is InChI=1S/C22H22N2O3S/c1-16-7-11-19(12-8-16)28-15-22(26)24-23-21(25)14-10-18-9-13-20(27-18)17-5-3-2-4-6-17/h2-9,11-13H,10,14-15H2,1H3,(H,23,25)(H,24,26). The van der Waals surface area contributed by atoms with Gasteiger partial charge in [-0.15, -0.1) is 11.8 Å². The summed E-state index contributed by atoms with van der Waals surface area (Å²) >= 11 is 1.42. The Morgan fingerprint density at radius 3 is 2.36 bits per heavy atom. The number of thioether (sulfide) groups is 1. The molecule has 5 nitrogen and oxygen atoms in total. The van der Waals surface area contributed by atoms with E-state index in [1.165, 1.54) is 17.3 Å². The summed E-state index contributed by atoms with van der Waals surface area (Å²) < 4.78 is 5.77. The van der Waals surface area contributed by atoms with E-state index in [-0.39, 0.29) is 24.0 Å². The third-order valence-electron chi connectivity index (χ3n) is 4.05. The van der Waals surface area contributed by atoms with Gasteiger partial charge in [-0.25, -0.2) is 0 Å². The average Bonchev–Trinajstić information content (AvgIpc) is 3.20. The van der Waals surface area contributed by atoms with Crippen molar-refractivity contribution in [2.24, 2.45) is 0 Å². The number of nitrogens with one attached hydrogen (secondary N) is 2. The van der Waals surface area contributed by atoms with Gasteiger partial charge < -0.3 is 4.42 Å². The summed E-state index contributed by atoms with van der Waals surface area (Å²) in [6, 6.07) is 21.5. The molecule has 144 valence electrons. The lowest BCUT2D eigenvalue weighted by molar-refractivity contribution is -0.127. The highest BCUT2D eigenvalue weighted by Gasteiger charge is 2.09. The lowest BCUT2D eigenvalue weighted by Gasteiger charge is -2.07. The maximum Gasteiger partial charge on any atom is 0.248 e. The highest BCUT2D eigenvalue weighted by molar-refractivity contribution is 8.00. The van der Waals surface area contributed by atoms with Crippen LogP contribution < -0.4 is 10.9 Å². The van der Waals surface area contributed by atoms with Gasteiger partial charge in [0.1, 0.15) is 11.5 Å². The van der Waals surface area contributed by atoms with Crippen molar-refractivity contribution >= 4 is 23.6 Å². The van der Waals surface area contributed by atoms with Crippen LogP contribution in [0.15, 0.2) is 76.0 Å². The number of rotatable bonds is 7. The van der Waals surface area contributed by atoms with E-state index >= 15 is 0 Å². The summed E-state index contributed by atoms with van der Waals surface area (Å²) in [5.74, 6) is 1.24. The summed E-state index contributed by atoms with van der Waals surface area (Å²) in [5.41, 5.74) is 7.06. The second kappa shape index (κ2) is 9.80. The monoisotopic (exact) mass is 394 g/mol. The Kier molecular flexibility index (Phi) is 6.92. The van der Waals surface area contributed by atoms with E-state index in [2.05, 4.69) is 10.9 Å². The summed E-state index contributed by atoms with van der Waals surface area (Å²) in [5, 5.41) is 0. The molecule has 6 heteroatoms. The second-order valence-electron chi connectivity index (χ2n) is 6.33. The molecule has 1 heterocycles. The van der Waals surface area contributed by atoms with Crippen LogP contribution in [0.25, 0.3) is 11.3 Å². The number of carbonyl (C=O) groups excluding carboxylic acids is 2. The van der Waals surface area contributed by atoms with Crippen LogP contribution in [0.5, 0.6) is 0 Å². The Morgan fingerprint density at radius 2 is 1.61 bits per heavy atom. The van der Waals surface area contributed by atoms with E-state index in [4.69, 9.17) is 4.42 Å². The number of hydrazine groups is 1. The molecular formula is C22H22N2O3S.